The van der Waals surface area contributed by atoms with Gasteiger partial charge in [0.15, 0.2) is 6.10 Å². The molecule has 0 aliphatic rings. The third-order valence-corrected chi connectivity index (χ3v) is 2.33. The number of carboxylic acids is 1. The Kier molecular flexibility index (Phi) is 4.93. The molecule has 5 nitrogen and oxygen atoms in total. The molecule has 1 aromatic carbocycles. The lowest BCUT2D eigenvalue weighted by Gasteiger charge is -2.14. The number of carbonyl (C=O) groups is 1. The van der Waals surface area contributed by atoms with Crippen molar-refractivity contribution in [2.75, 3.05) is 13.7 Å². The third kappa shape index (κ3) is 4.05. The fourth-order valence-corrected chi connectivity index (χ4v) is 1.25. The zero-order valence-corrected chi connectivity index (χ0v) is 9.79. The second kappa shape index (κ2) is 6.22. The van der Waals surface area contributed by atoms with Crippen LogP contribution in [-0.2, 0) is 9.53 Å². The molecule has 0 heterocycles. The topological polar surface area (TPSA) is 76.0 Å². The molecule has 2 atom stereocenters. The predicted octanol–water partition coefficient (Wildman–Crippen LogP) is 1.22. The van der Waals surface area contributed by atoms with Crippen LogP contribution in [0.1, 0.15) is 18.6 Å². The SMILES string of the molecule is COc1cccc(C(O)CO[C@H](C)C(=O)O)c1. The number of hydrogen-bond acceptors (Lipinski definition) is 4. The van der Waals surface area contributed by atoms with Gasteiger partial charge in [-0.25, -0.2) is 4.79 Å². The summed E-state index contributed by atoms with van der Waals surface area (Å²) in [5.74, 6) is -0.421. The lowest BCUT2D eigenvalue weighted by atomic mass is 10.1. The molecule has 0 radical (unpaired) electrons. The molecule has 1 rings (SSSR count). The molecular formula is C12H16O5. The molecule has 17 heavy (non-hydrogen) atoms. The van der Waals surface area contributed by atoms with Gasteiger partial charge in [0.05, 0.1) is 13.7 Å². The highest BCUT2D eigenvalue weighted by atomic mass is 16.5. The molecule has 2 N–H and O–H groups in total. The molecule has 0 spiro atoms. The molecule has 1 unspecified atom stereocenters. The van der Waals surface area contributed by atoms with Crippen LogP contribution in [0.3, 0.4) is 0 Å². The first-order valence-electron chi connectivity index (χ1n) is 5.21. The first-order valence-corrected chi connectivity index (χ1v) is 5.21. The van der Waals surface area contributed by atoms with E-state index in [-0.39, 0.29) is 6.61 Å². The number of methoxy groups -OCH3 is 1. The van der Waals surface area contributed by atoms with Crippen molar-refractivity contribution in [1.29, 1.82) is 0 Å². The molecule has 1 aromatic rings. The summed E-state index contributed by atoms with van der Waals surface area (Å²) in [6, 6.07) is 6.91. The lowest BCUT2D eigenvalue weighted by Crippen LogP contribution is -2.22. The van der Waals surface area contributed by atoms with Crippen LogP contribution < -0.4 is 4.74 Å². The van der Waals surface area contributed by atoms with E-state index < -0.39 is 18.2 Å². The molecule has 0 bridgehead atoms. The minimum atomic E-state index is -1.05. The van der Waals surface area contributed by atoms with Crippen LogP contribution in [0.5, 0.6) is 5.75 Å². The van der Waals surface area contributed by atoms with Gasteiger partial charge in [0, 0.05) is 0 Å². The monoisotopic (exact) mass is 240 g/mol. The summed E-state index contributed by atoms with van der Waals surface area (Å²) in [6.45, 7) is 1.35. The smallest absolute Gasteiger partial charge is 0.332 e. The fourth-order valence-electron chi connectivity index (χ4n) is 1.25. The van der Waals surface area contributed by atoms with Gasteiger partial charge in [-0.1, -0.05) is 12.1 Å². The highest BCUT2D eigenvalue weighted by Gasteiger charge is 2.15. The average Bonchev–Trinajstić information content (AvgIpc) is 2.35. The van der Waals surface area contributed by atoms with E-state index in [0.29, 0.717) is 11.3 Å². The van der Waals surface area contributed by atoms with Crippen LogP contribution in [0.2, 0.25) is 0 Å². The summed E-state index contributed by atoms with van der Waals surface area (Å²) in [7, 11) is 1.54. The number of carboxylic acid groups (broad SMARTS) is 1. The van der Waals surface area contributed by atoms with E-state index in [2.05, 4.69) is 0 Å². The number of ether oxygens (including phenoxy) is 2. The van der Waals surface area contributed by atoms with E-state index in [1.54, 1.807) is 24.3 Å². The van der Waals surface area contributed by atoms with Gasteiger partial charge in [0.1, 0.15) is 11.9 Å². The average molecular weight is 240 g/mol. The first-order chi connectivity index (χ1) is 8.04. The van der Waals surface area contributed by atoms with Gasteiger partial charge >= 0.3 is 5.97 Å². The van der Waals surface area contributed by atoms with Crippen molar-refractivity contribution in [3.63, 3.8) is 0 Å². The van der Waals surface area contributed by atoms with Gasteiger partial charge in [0.2, 0.25) is 0 Å². The summed E-state index contributed by atoms with van der Waals surface area (Å²) in [4.78, 5) is 10.5. The largest absolute Gasteiger partial charge is 0.497 e. The van der Waals surface area contributed by atoms with Crippen molar-refractivity contribution in [3.8, 4) is 5.75 Å². The first kappa shape index (κ1) is 13.5. The summed E-state index contributed by atoms with van der Waals surface area (Å²) in [5.41, 5.74) is 0.627. The third-order valence-electron chi connectivity index (χ3n) is 2.33. The summed E-state index contributed by atoms with van der Waals surface area (Å²) >= 11 is 0. The molecular weight excluding hydrogens is 224 g/mol. The number of aliphatic hydroxyl groups is 1. The van der Waals surface area contributed by atoms with Crippen molar-refractivity contribution >= 4 is 5.97 Å². The van der Waals surface area contributed by atoms with E-state index in [1.165, 1.54) is 14.0 Å². The van der Waals surface area contributed by atoms with Crippen LogP contribution in [0.4, 0.5) is 0 Å². The van der Waals surface area contributed by atoms with E-state index >= 15 is 0 Å². The molecule has 0 aliphatic heterocycles. The summed E-state index contributed by atoms with van der Waals surface area (Å²) in [5, 5.41) is 18.4. The van der Waals surface area contributed by atoms with E-state index in [4.69, 9.17) is 14.6 Å². The van der Waals surface area contributed by atoms with Gasteiger partial charge in [-0.3, -0.25) is 0 Å². The maximum atomic E-state index is 10.5. The normalized spacial score (nSPS) is 14.1. The van der Waals surface area contributed by atoms with Crippen molar-refractivity contribution in [3.05, 3.63) is 29.8 Å². The Bertz CT molecular complexity index is 377. The van der Waals surface area contributed by atoms with Crippen LogP contribution in [0.25, 0.3) is 0 Å². The lowest BCUT2D eigenvalue weighted by molar-refractivity contribution is -0.150. The molecule has 94 valence electrons. The highest BCUT2D eigenvalue weighted by molar-refractivity contribution is 5.71. The minimum absolute atomic E-state index is 0.0688. The minimum Gasteiger partial charge on any atom is -0.497 e. The Labute approximate surface area is 99.6 Å². The Balaban J connectivity index is 2.57. The van der Waals surface area contributed by atoms with E-state index in [0.717, 1.165) is 0 Å². The Hall–Kier alpha value is -1.59. The molecule has 0 fully saturated rings. The van der Waals surface area contributed by atoms with E-state index in [1.807, 2.05) is 0 Å². The highest BCUT2D eigenvalue weighted by Crippen LogP contribution is 2.19. The summed E-state index contributed by atoms with van der Waals surface area (Å²) in [6.07, 6.45) is -1.80. The number of hydrogen-bond donors (Lipinski definition) is 2. The van der Waals surface area contributed by atoms with Crippen molar-refractivity contribution < 1.29 is 24.5 Å². The number of benzene rings is 1. The van der Waals surface area contributed by atoms with Crippen molar-refractivity contribution in [2.45, 2.75) is 19.1 Å². The predicted molar refractivity (Wildman–Crippen MR) is 61.0 cm³/mol. The Morgan fingerprint density at radius 3 is 2.76 bits per heavy atom. The number of rotatable bonds is 6. The molecule has 0 aliphatic carbocycles. The second-order valence-corrected chi connectivity index (χ2v) is 3.61. The van der Waals surface area contributed by atoms with Crippen LogP contribution in [0, 0.1) is 0 Å². The number of aliphatic carboxylic acids is 1. The maximum Gasteiger partial charge on any atom is 0.332 e. The van der Waals surface area contributed by atoms with Crippen molar-refractivity contribution in [2.24, 2.45) is 0 Å². The van der Waals surface area contributed by atoms with Crippen molar-refractivity contribution in [1.82, 2.24) is 0 Å². The second-order valence-electron chi connectivity index (χ2n) is 3.61. The Morgan fingerprint density at radius 1 is 1.47 bits per heavy atom. The molecule has 0 amide bonds. The Morgan fingerprint density at radius 2 is 2.18 bits per heavy atom. The van der Waals surface area contributed by atoms with E-state index in [9.17, 15) is 9.90 Å². The zero-order valence-electron chi connectivity index (χ0n) is 9.79. The maximum absolute atomic E-state index is 10.5. The van der Waals surface area contributed by atoms with Crippen LogP contribution in [0.15, 0.2) is 24.3 Å². The van der Waals surface area contributed by atoms with Crippen LogP contribution >= 0.6 is 0 Å². The fraction of sp³-hybridized carbons (Fsp3) is 0.417. The number of aliphatic hydroxyl groups excluding tert-OH is 1. The molecule has 0 saturated carbocycles. The van der Waals surface area contributed by atoms with Crippen LogP contribution in [-0.4, -0.2) is 36.0 Å². The summed E-state index contributed by atoms with van der Waals surface area (Å²) < 4.78 is 10.0. The molecule has 0 aromatic heterocycles. The van der Waals surface area contributed by atoms with Gasteiger partial charge in [0.25, 0.3) is 0 Å². The van der Waals surface area contributed by atoms with Gasteiger partial charge in [-0.2, -0.15) is 0 Å². The zero-order chi connectivity index (χ0) is 12.8. The van der Waals surface area contributed by atoms with Gasteiger partial charge in [-0.05, 0) is 24.6 Å². The quantitative estimate of drug-likeness (QED) is 0.781. The standard InChI is InChI=1S/C12H16O5/c1-8(12(14)15)17-7-11(13)9-4-3-5-10(6-9)16-2/h3-6,8,11,13H,7H2,1-2H3,(H,14,15)/t8-,11?/m1/s1. The van der Waals surface area contributed by atoms with Gasteiger partial charge in [-0.15, -0.1) is 0 Å². The molecule has 0 saturated heterocycles. The molecule has 5 heteroatoms. The van der Waals surface area contributed by atoms with Gasteiger partial charge < -0.3 is 19.7 Å².